The summed E-state index contributed by atoms with van der Waals surface area (Å²) in [6.45, 7) is 1.15. The second-order valence-corrected chi connectivity index (χ2v) is 15.7. The molecule has 0 fully saturated rings. The van der Waals surface area contributed by atoms with E-state index in [4.69, 9.17) is 27.6 Å². The minimum atomic E-state index is -4.01. The first kappa shape index (κ1) is 36.0. The third kappa shape index (κ3) is 9.44. The highest BCUT2D eigenvalue weighted by atomic mass is 35.5. The number of rotatable bonds is 14. The Hall–Kier alpha value is -4.30. The number of hydrazone groups is 1. The Bertz CT molecular complexity index is 2140. The predicted molar refractivity (Wildman–Crippen MR) is 189 cm³/mol. The number of sulfonamides is 2. The van der Waals surface area contributed by atoms with Crippen molar-refractivity contribution in [1.29, 1.82) is 0 Å². The van der Waals surface area contributed by atoms with Crippen LogP contribution in [0.5, 0.6) is 0 Å². The monoisotopic (exact) mass is 738 g/mol. The minimum absolute atomic E-state index is 0.0278. The first-order valence-corrected chi connectivity index (χ1v) is 18.6. The van der Waals surface area contributed by atoms with Gasteiger partial charge in [0.25, 0.3) is 5.91 Å². The standard InChI is InChI=1S/C35H32Cl2N4O6S2/c1-26-12-18-33(19-13-26)49(45,46)41(23-28-14-15-29(36)20-34(28)37)24-31-17-16-30(47-31)21-38-39-35(42)25-40(22-27-8-4-2-5-9-27)48(43,44)32-10-6-3-7-11-32/h2-21H,22-25H2,1H3,(H,39,42)/b38-21-. The SMILES string of the molecule is Cc1ccc(S(=O)(=O)N(Cc2ccc(/C=N\NC(=O)CN(Cc3ccccc3)S(=O)(=O)c3ccccc3)o2)Cc2ccc(Cl)cc2Cl)cc1. The largest absolute Gasteiger partial charge is 0.459 e. The van der Waals surface area contributed by atoms with Crippen molar-refractivity contribution >= 4 is 55.4 Å². The van der Waals surface area contributed by atoms with Crippen molar-refractivity contribution in [1.82, 2.24) is 14.0 Å². The van der Waals surface area contributed by atoms with Gasteiger partial charge in [-0.25, -0.2) is 22.3 Å². The van der Waals surface area contributed by atoms with E-state index in [2.05, 4.69) is 10.5 Å². The quantitative estimate of drug-likeness (QED) is 0.101. The van der Waals surface area contributed by atoms with Crippen LogP contribution in [0.3, 0.4) is 0 Å². The topological polar surface area (TPSA) is 129 Å². The van der Waals surface area contributed by atoms with E-state index in [0.717, 1.165) is 9.87 Å². The molecule has 5 rings (SSSR count). The minimum Gasteiger partial charge on any atom is -0.459 e. The van der Waals surface area contributed by atoms with Crippen LogP contribution in [-0.4, -0.2) is 44.1 Å². The van der Waals surface area contributed by atoms with Gasteiger partial charge in [-0.1, -0.05) is 95.5 Å². The number of hydrogen-bond acceptors (Lipinski definition) is 7. The maximum atomic E-state index is 13.7. The lowest BCUT2D eigenvalue weighted by Gasteiger charge is -2.22. The van der Waals surface area contributed by atoms with Crippen LogP contribution < -0.4 is 5.43 Å². The first-order valence-electron chi connectivity index (χ1n) is 14.9. The predicted octanol–water partition coefficient (Wildman–Crippen LogP) is 6.63. The van der Waals surface area contributed by atoms with Crippen LogP contribution in [0.15, 0.2) is 135 Å². The third-order valence-electron chi connectivity index (χ3n) is 7.32. The van der Waals surface area contributed by atoms with Gasteiger partial charge in [-0.15, -0.1) is 0 Å². The molecule has 0 aliphatic heterocycles. The van der Waals surface area contributed by atoms with Gasteiger partial charge in [0.2, 0.25) is 20.0 Å². The maximum absolute atomic E-state index is 13.7. The fourth-order valence-corrected chi connectivity index (χ4v) is 8.02. The lowest BCUT2D eigenvalue weighted by Crippen LogP contribution is -2.39. The molecular formula is C35H32Cl2N4O6S2. The molecule has 4 aromatic carbocycles. The van der Waals surface area contributed by atoms with Gasteiger partial charge < -0.3 is 4.42 Å². The molecule has 1 heterocycles. The van der Waals surface area contributed by atoms with Crippen LogP contribution in [0.4, 0.5) is 0 Å². The highest BCUT2D eigenvalue weighted by Gasteiger charge is 2.28. The molecule has 1 amide bonds. The average molecular weight is 740 g/mol. The Kier molecular flexibility index (Phi) is 11.7. The fourth-order valence-electron chi connectivity index (χ4n) is 4.77. The summed E-state index contributed by atoms with van der Waals surface area (Å²) in [6, 6.07) is 31.3. The molecule has 0 aliphatic carbocycles. The second-order valence-electron chi connectivity index (χ2n) is 11.0. The van der Waals surface area contributed by atoms with Crippen LogP contribution in [-0.2, 0) is 44.5 Å². The van der Waals surface area contributed by atoms with E-state index < -0.39 is 32.5 Å². The zero-order valence-corrected chi connectivity index (χ0v) is 29.4. The Morgan fingerprint density at radius 3 is 2.06 bits per heavy atom. The molecule has 49 heavy (non-hydrogen) atoms. The second kappa shape index (κ2) is 15.9. The van der Waals surface area contributed by atoms with Crippen molar-refractivity contribution in [3.8, 4) is 0 Å². The van der Waals surface area contributed by atoms with Crippen molar-refractivity contribution in [2.24, 2.45) is 5.10 Å². The molecule has 0 bridgehead atoms. The number of nitrogens with one attached hydrogen (secondary N) is 1. The molecular weight excluding hydrogens is 707 g/mol. The number of aryl methyl sites for hydroxylation is 1. The van der Waals surface area contributed by atoms with Gasteiger partial charge in [0.05, 0.1) is 29.1 Å². The van der Waals surface area contributed by atoms with E-state index in [9.17, 15) is 21.6 Å². The number of amides is 1. The molecule has 0 radical (unpaired) electrons. The van der Waals surface area contributed by atoms with Gasteiger partial charge in [-0.3, -0.25) is 4.79 Å². The van der Waals surface area contributed by atoms with Crippen molar-refractivity contribution in [2.75, 3.05) is 6.54 Å². The number of nitrogens with zero attached hydrogens (tertiary/aromatic N) is 3. The molecule has 0 spiro atoms. The number of carbonyl (C=O) groups excluding carboxylic acids is 1. The summed E-state index contributed by atoms with van der Waals surface area (Å²) in [5, 5.41) is 4.68. The summed E-state index contributed by atoms with van der Waals surface area (Å²) in [4.78, 5) is 13.1. The molecule has 1 aromatic heterocycles. The van der Waals surface area contributed by atoms with Crippen LogP contribution >= 0.6 is 23.2 Å². The number of benzene rings is 4. The number of halogens is 2. The molecule has 10 nitrogen and oxygen atoms in total. The Labute approximate surface area is 295 Å². The van der Waals surface area contributed by atoms with Gasteiger partial charge >= 0.3 is 0 Å². The number of furan rings is 1. The zero-order chi connectivity index (χ0) is 35.0. The maximum Gasteiger partial charge on any atom is 0.255 e. The van der Waals surface area contributed by atoms with Gasteiger partial charge in [-0.2, -0.15) is 13.7 Å². The Morgan fingerprint density at radius 1 is 0.755 bits per heavy atom. The van der Waals surface area contributed by atoms with Crippen LogP contribution in [0.1, 0.15) is 28.2 Å². The average Bonchev–Trinajstić information content (AvgIpc) is 3.53. The summed E-state index contributed by atoms with van der Waals surface area (Å²) >= 11 is 12.4. The van der Waals surface area contributed by atoms with Crippen molar-refractivity contribution < 1.29 is 26.0 Å². The first-order chi connectivity index (χ1) is 23.4. The highest BCUT2D eigenvalue weighted by molar-refractivity contribution is 7.89. The molecule has 0 saturated carbocycles. The van der Waals surface area contributed by atoms with E-state index in [1.807, 2.05) is 13.0 Å². The molecule has 0 unspecified atom stereocenters. The fraction of sp³-hybridized carbons (Fsp3) is 0.143. The summed E-state index contributed by atoms with van der Waals surface area (Å²) in [5.74, 6) is -0.143. The molecule has 254 valence electrons. The molecule has 14 heteroatoms. The lowest BCUT2D eigenvalue weighted by molar-refractivity contribution is -0.121. The summed E-state index contributed by atoms with van der Waals surface area (Å²) < 4.78 is 62.5. The zero-order valence-electron chi connectivity index (χ0n) is 26.2. The van der Waals surface area contributed by atoms with Crippen LogP contribution in [0.25, 0.3) is 0 Å². The van der Waals surface area contributed by atoms with E-state index >= 15 is 0 Å². The van der Waals surface area contributed by atoms with E-state index in [0.29, 0.717) is 26.9 Å². The Balaban J connectivity index is 1.29. The van der Waals surface area contributed by atoms with Crippen molar-refractivity contribution in [3.63, 3.8) is 0 Å². The molecule has 5 aromatic rings. The smallest absolute Gasteiger partial charge is 0.255 e. The normalized spacial score (nSPS) is 12.2. The van der Waals surface area contributed by atoms with Gasteiger partial charge in [0, 0.05) is 23.1 Å². The summed E-state index contributed by atoms with van der Waals surface area (Å²) in [6.07, 6.45) is 1.24. The van der Waals surface area contributed by atoms with E-state index in [-0.39, 0.29) is 35.2 Å². The van der Waals surface area contributed by atoms with Crippen molar-refractivity contribution in [3.05, 3.63) is 154 Å². The molecule has 0 saturated heterocycles. The van der Waals surface area contributed by atoms with Crippen LogP contribution in [0.2, 0.25) is 10.0 Å². The molecule has 0 aliphatic rings. The number of hydrogen-bond donors (Lipinski definition) is 1. The van der Waals surface area contributed by atoms with Gasteiger partial charge in [-0.05, 0) is 66.6 Å². The van der Waals surface area contributed by atoms with Gasteiger partial charge in [0.1, 0.15) is 11.5 Å². The van der Waals surface area contributed by atoms with E-state index in [1.54, 1.807) is 84.9 Å². The van der Waals surface area contributed by atoms with Gasteiger partial charge in [0.15, 0.2) is 0 Å². The summed E-state index contributed by atoms with van der Waals surface area (Å²) in [5.41, 5.74) is 4.52. The third-order valence-corrected chi connectivity index (χ3v) is 11.5. The molecule has 1 N–H and O–H groups in total. The van der Waals surface area contributed by atoms with E-state index in [1.165, 1.54) is 34.8 Å². The lowest BCUT2D eigenvalue weighted by atomic mass is 10.2. The highest BCUT2D eigenvalue weighted by Crippen LogP contribution is 2.27. The summed E-state index contributed by atoms with van der Waals surface area (Å²) in [7, 11) is -8.00. The number of carbonyl (C=O) groups is 1. The van der Waals surface area contributed by atoms with Crippen molar-refractivity contribution in [2.45, 2.75) is 36.3 Å². The van der Waals surface area contributed by atoms with Crippen LogP contribution in [0, 0.1) is 6.92 Å². The molecule has 0 atom stereocenters. The Morgan fingerprint density at radius 2 is 1.39 bits per heavy atom.